The number of aliphatic hydroxyl groups excluding tert-OH is 1. The predicted octanol–water partition coefficient (Wildman–Crippen LogP) is -0.313. The molecule has 1 saturated heterocycles. The van der Waals surface area contributed by atoms with E-state index >= 15 is 0 Å². The third-order valence-electron chi connectivity index (χ3n) is 2.61. The number of halogens is 3. The van der Waals surface area contributed by atoms with Gasteiger partial charge in [0.05, 0.1) is 0 Å². The number of alkyl halides is 3. The van der Waals surface area contributed by atoms with Gasteiger partial charge in [-0.2, -0.15) is 4.98 Å². The van der Waals surface area contributed by atoms with Crippen LogP contribution in [0.5, 0.6) is 0 Å². The van der Waals surface area contributed by atoms with E-state index in [4.69, 9.17) is 5.73 Å². The fourth-order valence-corrected chi connectivity index (χ4v) is 1.71. The smallest absolute Gasteiger partial charge is 0.351 e. The molecule has 0 saturated carbocycles. The van der Waals surface area contributed by atoms with Gasteiger partial charge in [-0.1, -0.05) is 0 Å². The third-order valence-corrected chi connectivity index (χ3v) is 2.61. The second kappa shape index (κ2) is 4.58. The van der Waals surface area contributed by atoms with Gasteiger partial charge in [0.25, 0.3) is 6.43 Å². The summed E-state index contributed by atoms with van der Waals surface area (Å²) >= 11 is 0. The topological polar surface area (TPSA) is 90.4 Å². The number of nitrogens with two attached hydrogens (primary N) is 1. The molecule has 0 unspecified atom stereocenters. The lowest BCUT2D eigenvalue weighted by Gasteiger charge is -2.15. The normalized spacial score (nSPS) is 32.1. The van der Waals surface area contributed by atoms with Gasteiger partial charge in [-0.05, 0) is 6.07 Å². The molecule has 2 rings (SSSR count). The van der Waals surface area contributed by atoms with Crippen molar-refractivity contribution < 1.29 is 23.0 Å². The summed E-state index contributed by atoms with van der Waals surface area (Å²) in [5.41, 5.74) is 4.30. The Bertz CT molecular complexity index is 495. The Labute approximate surface area is 98.8 Å². The molecule has 9 heteroatoms. The molecular formula is C9H10F3N3O3. The van der Waals surface area contributed by atoms with Crippen molar-refractivity contribution in [2.24, 2.45) is 0 Å². The molecule has 4 atom stereocenters. The molecular weight excluding hydrogens is 255 g/mol. The number of rotatable bonds is 2. The summed E-state index contributed by atoms with van der Waals surface area (Å²) in [7, 11) is 0. The Hall–Kier alpha value is -1.61. The summed E-state index contributed by atoms with van der Waals surface area (Å²) in [6.07, 6.45) is -9.75. The number of hydrogen-bond donors (Lipinski definition) is 2. The summed E-state index contributed by atoms with van der Waals surface area (Å²) in [4.78, 5) is 14.7. The fourth-order valence-electron chi connectivity index (χ4n) is 1.71. The van der Waals surface area contributed by atoms with Gasteiger partial charge >= 0.3 is 5.69 Å². The minimum absolute atomic E-state index is 0.0874. The summed E-state index contributed by atoms with van der Waals surface area (Å²) in [6, 6.07) is 1.19. The largest absolute Gasteiger partial charge is 0.387 e. The molecule has 6 nitrogen and oxygen atoms in total. The first kappa shape index (κ1) is 12.8. The Morgan fingerprint density at radius 3 is 2.72 bits per heavy atom. The van der Waals surface area contributed by atoms with Crippen molar-refractivity contribution in [1.82, 2.24) is 9.55 Å². The monoisotopic (exact) mass is 265 g/mol. The highest BCUT2D eigenvalue weighted by atomic mass is 19.3. The average molecular weight is 265 g/mol. The first-order chi connectivity index (χ1) is 8.41. The average Bonchev–Trinajstić information content (AvgIpc) is 2.57. The zero-order valence-corrected chi connectivity index (χ0v) is 8.91. The Balaban J connectivity index is 2.32. The maximum Gasteiger partial charge on any atom is 0.351 e. The van der Waals surface area contributed by atoms with Gasteiger partial charge in [-0.25, -0.2) is 18.0 Å². The lowest BCUT2D eigenvalue weighted by atomic mass is 10.1. The lowest BCUT2D eigenvalue weighted by Crippen LogP contribution is -2.34. The van der Waals surface area contributed by atoms with Crippen molar-refractivity contribution >= 4 is 5.82 Å². The van der Waals surface area contributed by atoms with E-state index in [0.29, 0.717) is 4.57 Å². The molecule has 0 aliphatic carbocycles. The van der Waals surface area contributed by atoms with Crippen molar-refractivity contribution in [3.8, 4) is 0 Å². The van der Waals surface area contributed by atoms with Gasteiger partial charge in [0.2, 0.25) is 0 Å². The van der Waals surface area contributed by atoms with Crippen LogP contribution in [0.2, 0.25) is 0 Å². The van der Waals surface area contributed by atoms with Crippen LogP contribution in [-0.2, 0) is 4.74 Å². The van der Waals surface area contributed by atoms with Crippen LogP contribution in [0.1, 0.15) is 6.23 Å². The van der Waals surface area contributed by atoms with E-state index in [9.17, 15) is 23.1 Å². The van der Waals surface area contributed by atoms with E-state index < -0.39 is 36.7 Å². The van der Waals surface area contributed by atoms with Crippen molar-refractivity contribution in [2.45, 2.75) is 31.0 Å². The van der Waals surface area contributed by atoms with Crippen LogP contribution in [0.4, 0.5) is 19.0 Å². The molecule has 1 aromatic rings. The molecule has 0 amide bonds. The van der Waals surface area contributed by atoms with Crippen LogP contribution in [0.25, 0.3) is 0 Å². The molecule has 1 fully saturated rings. The van der Waals surface area contributed by atoms with E-state index in [2.05, 4.69) is 9.72 Å². The van der Waals surface area contributed by atoms with Crippen LogP contribution in [0.3, 0.4) is 0 Å². The van der Waals surface area contributed by atoms with Crippen molar-refractivity contribution in [3.63, 3.8) is 0 Å². The SMILES string of the molecule is Nc1ccn([C@@H]2O[C@@H](C(F)F)[C@@H](O)[C@H]2F)c(=O)n1. The number of hydrogen-bond acceptors (Lipinski definition) is 5. The molecule has 3 N–H and O–H groups in total. The zero-order chi connectivity index (χ0) is 13.4. The molecule has 1 aromatic heterocycles. The number of ether oxygens (including phenoxy) is 1. The number of nitrogen functional groups attached to an aromatic ring is 1. The predicted molar refractivity (Wildman–Crippen MR) is 53.7 cm³/mol. The Morgan fingerprint density at radius 1 is 1.56 bits per heavy atom. The van der Waals surface area contributed by atoms with Crippen molar-refractivity contribution in [2.75, 3.05) is 5.73 Å². The van der Waals surface area contributed by atoms with E-state index in [1.807, 2.05) is 0 Å². The molecule has 0 spiro atoms. The number of aliphatic hydroxyl groups is 1. The first-order valence-electron chi connectivity index (χ1n) is 5.02. The standard InChI is InChI=1S/C9H10F3N3O3/c10-4-5(16)6(7(11)12)18-8(4)15-2-1-3(13)14-9(15)17/h1-2,4-8,16H,(H2,13,14,17)/t4-,5+,6-,8-/m1/s1. The van der Waals surface area contributed by atoms with Gasteiger partial charge in [-0.3, -0.25) is 4.57 Å². The Kier molecular flexibility index (Phi) is 3.26. The maximum absolute atomic E-state index is 13.6. The minimum Gasteiger partial charge on any atom is -0.387 e. The van der Waals surface area contributed by atoms with Crippen LogP contribution >= 0.6 is 0 Å². The number of aromatic nitrogens is 2. The molecule has 0 radical (unpaired) electrons. The van der Waals surface area contributed by atoms with Crippen molar-refractivity contribution in [3.05, 3.63) is 22.7 Å². The van der Waals surface area contributed by atoms with Gasteiger partial charge in [0.15, 0.2) is 12.4 Å². The second-order valence-corrected chi connectivity index (χ2v) is 3.80. The summed E-state index contributed by atoms with van der Waals surface area (Å²) in [5, 5.41) is 9.26. The molecule has 1 aliphatic heterocycles. The molecule has 0 bridgehead atoms. The number of anilines is 1. The summed E-state index contributed by atoms with van der Waals surface area (Å²) < 4.78 is 43.9. The maximum atomic E-state index is 13.6. The quantitative estimate of drug-likeness (QED) is 0.765. The number of nitrogens with zero attached hydrogens (tertiary/aromatic N) is 2. The third kappa shape index (κ3) is 2.06. The lowest BCUT2D eigenvalue weighted by molar-refractivity contribution is -0.0980. The first-order valence-corrected chi connectivity index (χ1v) is 5.02. The van der Waals surface area contributed by atoms with E-state index in [1.54, 1.807) is 0 Å². The minimum atomic E-state index is -3.05. The van der Waals surface area contributed by atoms with E-state index in [-0.39, 0.29) is 5.82 Å². The van der Waals surface area contributed by atoms with Gasteiger partial charge < -0.3 is 15.6 Å². The van der Waals surface area contributed by atoms with Crippen LogP contribution in [0.15, 0.2) is 17.1 Å². The molecule has 1 aliphatic rings. The Morgan fingerprint density at radius 2 is 2.22 bits per heavy atom. The molecule has 0 aromatic carbocycles. The molecule has 100 valence electrons. The summed E-state index contributed by atoms with van der Waals surface area (Å²) in [6.45, 7) is 0. The fraction of sp³-hybridized carbons (Fsp3) is 0.556. The highest BCUT2D eigenvalue weighted by Gasteiger charge is 2.49. The van der Waals surface area contributed by atoms with Gasteiger partial charge in [0, 0.05) is 6.20 Å². The highest BCUT2D eigenvalue weighted by molar-refractivity contribution is 5.23. The van der Waals surface area contributed by atoms with Crippen LogP contribution in [-0.4, -0.2) is 39.5 Å². The van der Waals surface area contributed by atoms with E-state index in [0.717, 1.165) is 6.20 Å². The van der Waals surface area contributed by atoms with Crippen molar-refractivity contribution in [1.29, 1.82) is 0 Å². The van der Waals surface area contributed by atoms with E-state index in [1.165, 1.54) is 6.07 Å². The highest BCUT2D eigenvalue weighted by Crippen LogP contribution is 2.33. The van der Waals surface area contributed by atoms with Crippen LogP contribution in [0, 0.1) is 0 Å². The second-order valence-electron chi connectivity index (χ2n) is 3.80. The molecule has 2 heterocycles. The van der Waals surface area contributed by atoms with Gasteiger partial charge in [0.1, 0.15) is 18.0 Å². The summed E-state index contributed by atoms with van der Waals surface area (Å²) in [5.74, 6) is -0.0874. The van der Waals surface area contributed by atoms with Gasteiger partial charge in [-0.15, -0.1) is 0 Å². The zero-order valence-electron chi connectivity index (χ0n) is 8.91. The van der Waals surface area contributed by atoms with Crippen LogP contribution < -0.4 is 11.4 Å². The molecule has 18 heavy (non-hydrogen) atoms.